The second kappa shape index (κ2) is 13.0. The van der Waals surface area contributed by atoms with Gasteiger partial charge in [0, 0.05) is 16.3 Å². The molecule has 3 rings (SSSR count). The maximum atomic E-state index is 12.5. The molecule has 0 bridgehead atoms. The zero-order chi connectivity index (χ0) is 27.2. The highest BCUT2D eigenvalue weighted by molar-refractivity contribution is 8.16. The molecule has 0 fully saturated rings. The van der Waals surface area contributed by atoms with Crippen LogP contribution in [0.15, 0.2) is 53.4 Å². The van der Waals surface area contributed by atoms with E-state index in [0.29, 0.717) is 4.88 Å². The van der Waals surface area contributed by atoms with Crippen molar-refractivity contribution in [1.82, 2.24) is 5.32 Å². The summed E-state index contributed by atoms with van der Waals surface area (Å²) in [4.78, 5) is 26.2. The van der Waals surface area contributed by atoms with Gasteiger partial charge in [-0.2, -0.15) is 0 Å². The maximum Gasteiger partial charge on any atom is 0.305 e. The molecule has 0 aliphatic heterocycles. The molecule has 2 N–H and O–H groups in total. The Kier molecular flexibility index (Phi) is 10.3. The largest absolute Gasteiger partial charge is 0.481 e. The number of carboxylic acids is 1. The third-order valence-electron chi connectivity index (χ3n) is 5.97. The number of carbonyl (C=O) groups excluding carboxylic acids is 1. The molecule has 7 heteroatoms. The van der Waals surface area contributed by atoms with Crippen molar-refractivity contribution in [2.75, 3.05) is 12.3 Å². The van der Waals surface area contributed by atoms with Crippen molar-refractivity contribution < 1.29 is 14.7 Å². The number of nitrogens with one attached hydrogen (secondary N) is 1. The van der Waals surface area contributed by atoms with Crippen molar-refractivity contribution in [2.24, 2.45) is 0 Å². The number of aryl methyl sites for hydroxylation is 2. The average Bonchev–Trinajstić information content (AvgIpc) is 3.31. The monoisotopic (exact) mass is 555 g/mol. The van der Waals surface area contributed by atoms with E-state index in [1.807, 2.05) is 35.7 Å². The van der Waals surface area contributed by atoms with Gasteiger partial charge >= 0.3 is 5.97 Å². The van der Waals surface area contributed by atoms with Gasteiger partial charge < -0.3 is 10.4 Å². The highest BCUT2D eigenvalue weighted by atomic mass is 32.2. The lowest BCUT2D eigenvalue weighted by Gasteiger charge is -2.20. The zero-order valence-electron chi connectivity index (χ0n) is 22.5. The topological polar surface area (TPSA) is 66.4 Å². The molecule has 1 atom stereocenters. The van der Waals surface area contributed by atoms with Crippen molar-refractivity contribution in [3.05, 3.63) is 75.0 Å². The van der Waals surface area contributed by atoms with Crippen molar-refractivity contribution in [3.8, 4) is 11.1 Å². The number of benzene rings is 2. The summed E-state index contributed by atoms with van der Waals surface area (Å²) in [5.41, 5.74) is 6.52. The fourth-order valence-electron chi connectivity index (χ4n) is 4.08. The lowest BCUT2D eigenvalue weighted by Crippen LogP contribution is -2.25. The Morgan fingerprint density at radius 3 is 2.24 bits per heavy atom. The van der Waals surface area contributed by atoms with E-state index in [1.165, 1.54) is 44.0 Å². The van der Waals surface area contributed by atoms with Crippen LogP contribution in [0.4, 0.5) is 0 Å². The number of amides is 1. The van der Waals surface area contributed by atoms with Gasteiger partial charge in [-0.15, -0.1) is 34.9 Å². The molecule has 4 nitrogen and oxygen atoms in total. The minimum Gasteiger partial charge on any atom is -0.481 e. The van der Waals surface area contributed by atoms with Gasteiger partial charge in [0.15, 0.2) is 0 Å². The maximum absolute atomic E-state index is 12.5. The van der Waals surface area contributed by atoms with Gasteiger partial charge in [0.1, 0.15) is 0 Å². The third-order valence-corrected chi connectivity index (χ3v) is 10.3. The summed E-state index contributed by atoms with van der Waals surface area (Å²) in [6.45, 7) is 13.4. The number of rotatable bonds is 11. The van der Waals surface area contributed by atoms with Gasteiger partial charge in [-0.3, -0.25) is 9.59 Å². The second-order valence-electron chi connectivity index (χ2n) is 10.2. The normalized spacial score (nSPS) is 12.4. The molecule has 0 saturated heterocycles. The van der Waals surface area contributed by atoms with E-state index in [9.17, 15) is 9.59 Å². The van der Waals surface area contributed by atoms with E-state index in [-0.39, 0.29) is 28.9 Å². The molecule has 1 amide bonds. The zero-order valence-corrected chi connectivity index (χ0v) is 25.0. The van der Waals surface area contributed by atoms with Gasteiger partial charge in [-0.25, -0.2) is 0 Å². The minimum atomic E-state index is -0.918. The van der Waals surface area contributed by atoms with E-state index < -0.39 is 5.97 Å². The first kappa shape index (κ1) is 29.3. The number of hydrogen-bond donors (Lipinski definition) is 2. The van der Waals surface area contributed by atoms with Crippen LogP contribution in [0.1, 0.15) is 76.4 Å². The number of thiophene rings is 1. The summed E-state index contributed by atoms with van der Waals surface area (Å²) < 4.78 is 0.182. The Hall–Kier alpha value is -2.22. The van der Waals surface area contributed by atoms with Crippen LogP contribution in [-0.4, -0.2) is 29.3 Å². The predicted octanol–water partition coefficient (Wildman–Crippen LogP) is 8.47. The number of aliphatic carboxylic acids is 1. The highest BCUT2D eigenvalue weighted by Gasteiger charge is 2.20. The van der Waals surface area contributed by atoms with Crippen LogP contribution in [0.5, 0.6) is 0 Å². The number of carboxylic acid groups (broad SMARTS) is 1. The Balaban J connectivity index is 1.80. The Morgan fingerprint density at radius 2 is 1.68 bits per heavy atom. The van der Waals surface area contributed by atoms with Crippen LogP contribution < -0.4 is 5.32 Å². The van der Waals surface area contributed by atoms with Crippen LogP contribution >= 0.6 is 34.9 Å². The lowest BCUT2D eigenvalue weighted by atomic mass is 9.85. The van der Waals surface area contributed by atoms with Crippen LogP contribution in [0.25, 0.3) is 11.1 Å². The van der Waals surface area contributed by atoms with E-state index in [0.717, 1.165) is 17.1 Å². The minimum absolute atomic E-state index is 0.0791. The molecule has 0 aliphatic carbocycles. The SMILES string of the molecule is CCCSC(Sc1cc(C)c(-c2ccc(C(C)(C)C)cc2)c(C)c1)c1ccc(C(=O)NCCC(=O)O)s1. The van der Waals surface area contributed by atoms with E-state index >= 15 is 0 Å². The van der Waals surface area contributed by atoms with Gasteiger partial charge in [-0.1, -0.05) is 52.0 Å². The summed E-state index contributed by atoms with van der Waals surface area (Å²) in [6, 6.07) is 17.4. The van der Waals surface area contributed by atoms with Gasteiger partial charge in [-0.05, 0) is 83.5 Å². The molecule has 1 unspecified atom stereocenters. The Morgan fingerprint density at radius 1 is 1.03 bits per heavy atom. The fourth-order valence-corrected chi connectivity index (χ4v) is 8.02. The van der Waals surface area contributed by atoms with Crippen LogP contribution in [-0.2, 0) is 10.2 Å². The molecule has 3 aromatic rings. The van der Waals surface area contributed by atoms with Crippen LogP contribution in [0.3, 0.4) is 0 Å². The van der Waals surface area contributed by atoms with E-state index in [2.05, 4.69) is 83.3 Å². The van der Waals surface area contributed by atoms with Crippen LogP contribution in [0, 0.1) is 13.8 Å². The summed E-state index contributed by atoms with van der Waals surface area (Å²) in [5.74, 6) is -0.0975. The van der Waals surface area contributed by atoms with Crippen molar-refractivity contribution in [1.29, 1.82) is 0 Å². The fraction of sp³-hybridized carbons (Fsp3) is 0.400. The lowest BCUT2D eigenvalue weighted by molar-refractivity contribution is -0.136. The summed E-state index contributed by atoms with van der Waals surface area (Å²) in [5, 5.41) is 11.5. The average molecular weight is 556 g/mol. The Labute approximate surface area is 233 Å². The molecular weight excluding hydrogens is 519 g/mol. The number of carbonyl (C=O) groups is 2. The number of thioether (sulfide) groups is 2. The molecule has 0 spiro atoms. The predicted molar refractivity (Wildman–Crippen MR) is 160 cm³/mol. The van der Waals surface area contributed by atoms with E-state index in [4.69, 9.17) is 5.11 Å². The molecule has 0 aliphatic rings. The van der Waals surface area contributed by atoms with E-state index in [1.54, 1.807) is 0 Å². The van der Waals surface area contributed by atoms with Crippen molar-refractivity contribution in [3.63, 3.8) is 0 Å². The smallest absolute Gasteiger partial charge is 0.305 e. The number of hydrogen-bond acceptors (Lipinski definition) is 5. The Bertz CT molecular complexity index is 1200. The molecule has 0 saturated carbocycles. The third kappa shape index (κ3) is 8.13. The van der Waals surface area contributed by atoms with Gasteiger partial charge in [0.05, 0.1) is 15.9 Å². The second-order valence-corrected chi connectivity index (χ2v) is 14.0. The first-order valence-corrected chi connectivity index (χ1v) is 15.3. The summed E-state index contributed by atoms with van der Waals surface area (Å²) >= 11 is 5.22. The molecular formula is C30H37NO3S3. The van der Waals surface area contributed by atoms with Crippen molar-refractivity contribution >= 4 is 46.7 Å². The van der Waals surface area contributed by atoms with Gasteiger partial charge in [0.25, 0.3) is 5.91 Å². The molecule has 37 heavy (non-hydrogen) atoms. The first-order chi connectivity index (χ1) is 17.5. The van der Waals surface area contributed by atoms with Crippen LogP contribution in [0.2, 0.25) is 0 Å². The summed E-state index contributed by atoms with van der Waals surface area (Å²) in [7, 11) is 0. The van der Waals surface area contributed by atoms with Crippen molar-refractivity contribution in [2.45, 2.75) is 69.3 Å². The standard InChI is InChI=1S/C30H37NO3S3/c1-7-16-35-29(25-13-12-24(37-25)28(34)31-15-14-26(32)33)36-23-17-19(2)27(20(3)18-23)21-8-10-22(11-9-21)30(4,5)6/h8-13,17-18,29H,7,14-16H2,1-6H3,(H,31,34)(H,32,33). The molecule has 2 aromatic carbocycles. The molecule has 0 radical (unpaired) electrons. The molecule has 198 valence electrons. The summed E-state index contributed by atoms with van der Waals surface area (Å²) in [6.07, 6.45) is 1.00. The van der Waals surface area contributed by atoms with Gasteiger partial charge in [0.2, 0.25) is 0 Å². The quantitative estimate of drug-likeness (QED) is 0.183. The molecule has 1 aromatic heterocycles. The molecule has 1 heterocycles. The first-order valence-electron chi connectivity index (χ1n) is 12.6. The highest BCUT2D eigenvalue weighted by Crippen LogP contribution is 2.47.